The molecule has 2 aromatic rings. The first-order valence-corrected chi connectivity index (χ1v) is 10.9. The molecule has 0 bridgehead atoms. The molecule has 0 saturated carbocycles. The van der Waals surface area contributed by atoms with Crippen LogP contribution >= 0.6 is 0 Å². The molecule has 0 radical (unpaired) electrons. The first kappa shape index (κ1) is 21.8. The Morgan fingerprint density at radius 1 is 1.07 bits per heavy atom. The number of hydrogen-bond acceptors (Lipinski definition) is 5. The third kappa shape index (κ3) is 6.56. The molecule has 0 N–H and O–H groups in total. The zero-order valence-corrected chi connectivity index (χ0v) is 17.5. The van der Waals surface area contributed by atoms with Crippen molar-refractivity contribution in [3.63, 3.8) is 0 Å². The van der Waals surface area contributed by atoms with Crippen molar-refractivity contribution in [3.05, 3.63) is 59.7 Å². The minimum Gasteiger partial charge on any atom is -0.497 e. The van der Waals surface area contributed by atoms with Crippen LogP contribution in [0.3, 0.4) is 0 Å². The van der Waals surface area contributed by atoms with Gasteiger partial charge in [-0.1, -0.05) is 31.2 Å². The van der Waals surface area contributed by atoms with Gasteiger partial charge in [0.2, 0.25) is 5.91 Å². The van der Waals surface area contributed by atoms with Crippen LogP contribution in [0.2, 0.25) is 0 Å². The zero-order valence-electron chi connectivity index (χ0n) is 16.7. The minimum absolute atomic E-state index is 0.00829. The van der Waals surface area contributed by atoms with Gasteiger partial charge in [-0.2, -0.15) is 8.42 Å². The van der Waals surface area contributed by atoms with Gasteiger partial charge in [-0.3, -0.25) is 4.79 Å². The number of hydrogen-bond donors (Lipinski definition) is 0. The zero-order chi connectivity index (χ0) is 20.7. The molecule has 1 unspecified atom stereocenters. The number of rotatable bonds is 9. The summed E-state index contributed by atoms with van der Waals surface area (Å²) >= 11 is 0. The van der Waals surface area contributed by atoms with Crippen molar-refractivity contribution in [2.24, 2.45) is 0 Å². The Morgan fingerprint density at radius 3 is 2.32 bits per heavy atom. The molecule has 0 saturated heterocycles. The Bertz CT molecular complexity index is 893. The summed E-state index contributed by atoms with van der Waals surface area (Å²) in [5.41, 5.74) is 1.72. The number of carbonyl (C=O) groups excluding carboxylic acids is 1. The monoisotopic (exact) mass is 405 g/mol. The summed E-state index contributed by atoms with van der Waals surface area (Å²) < 4.78 is 32.8. The highest BCUT2D eigenvalue weighted by Gasteiger charge is 2.20. The van der Waals surface area contributed by atoms with Gasteiger partial charge in [-0.15, -0.1) is 0 Å². The van der Waals surface area contributed by atoms with E-state index in [1.165, 1.54) is 0 Å². The maximum Gasteiger partial charge on any atom is 0.306 e. The van der Waals surface area contributed by atoms with Crippen LogP contribution in [0.1, 0.15) is 31.4 Å². The molecule has 2 aromatic carbocycles. The molecule has 2 rings (SSSR count). The SMILES string of the molecule is CCC(C)N(Cc1cccc(OS(C)(=O)=O)c1)C(=O)Cc1ccc(OC)cc1. The van der Waals surface area contributed by atoms with E-state index in [1.54, 1.807) is 25.3 Å². The quantitative estimate of drug-likeness (QED) is 0.598. The lowest BCUT2D eigenvalue weighted by Gasteiger charge is -2.29. The van der Waals surface area contributed by atoms with E-state index in [-0.39, 0.29) is 24.1 Å². The van der Waals surface area contributed by atoms with Gasteiger partial charge in [0.15, 0.2) is 0 Å². The van der Waals surface area contributed by atoms with Crippen LogP contribution in [0.15, 0.2) is 48.5 Å². The fourth-order valence-electron chi connectivity index (χ4n) is 2.80. The number of carbonyl (C=O) groups is 1. The molecular formula is C21H27NO5S. The van der Waals surface area contributed by atoms with Gasteiger partial charge in [0.25, 0.3) is 0 Å². The molecule has 0 aliphatic heterocycles. The molecule has 0 aliphatic rings. The lowest BCUT2D eigenvalue weighted by molar-refractivity contribution is -0.133. The molecule has 0 heterocycles. The lowest BCUT2D eigenvalue weighted by Crippen LogP contribution is -2.38. The Morgan fingerprint density at radius 2 is 1.75 bits per heavy atom. The van der Waals surface area contributed by atoms with E-state index < -0.39 is 10.1 Å². The van der Waals surface area contributed by atoms with Crippen LogP contribution in [0.4, 0.5) is 0 Å². The van der Waals surface area contributed by atoms with Gasteiger partial charge >= 0.3 is 10.1 Å². The van der Waals surface area contributed by atoms with Crippen LogP contribution in [0.25, 0.3) is 0 Å². The van der Waals surface area contributed by atoms with Crippen molar-refractivity contribution in [2.45, 2.75) is 39.3 Å². The highest BCUT2D eigenvalue weighted by atomic mass is 32.2. The maximum atomic E-state index is 13.0. The summed E-state index contributed by atoms with van der Waals surface area (Å²) in [5, 5.41) is 0. The highest BCUT2D eigenvalue weighted by Crippen LogP contribution is 2.19. The van der Waals surface area contributed by atoms with E-state index in [4.69, 9.17) is 8.92 Å². The van der Waals surface area contributed by atoms with Crippen LogP contribution < -0.4 is 8.92 Å². The van der Waals surface area contributed by atoms with Crippen molar-refractivity contribution in [2.75, 3.05) is 13.4 Å². The smallest absolute Gasteiger partial charge is 0.306 e. The predicted molar refractivity (Wildman–Crippen MR) is 109 cm³/mol. The average molecular weight is 406 g/mol. The van der Waals surface area contributed by atoms with Gasteiger partial charge in [-0.05, 0) is 48.7 Å². The van der Waals surface area contributed by atoms with E-state index in [9.17, 15) is 13.2 Å². The normalized spacial score (nSPS) is 12.3. The van der Waals surface area contributed by atoms with E-state index in [2.05, 4.69) is 0 Å². The summed E-state index contributed by atoms with van der Waals surface area (Å²) in [7, 11) is -1.99. The molecule has 28 heavy (non-hydrogen) atoms. The van der Waals surface area contributed by atoms with Gasteiger partial charge in [0, 0.05) is 12.6 Å². The minimum atomic E-state index is -3.60. The van der Waals surface area contributed by atoms with Crippen molar-refractivity contribution >= 4 is 16.0 Å². The second kappa shape index (κ2) is 9.59. The second-order valence-corrected chi connectivity index (χ2v) is 8.31. The summed E-state index contributed by atoms with van der Waals surface area (Å²) in [4.78, 5) is 14.8. The van der Waals surface area contributed by atoms with Crippen LogP contribution in [0.5, 0.6) is 11.5 Å². The Kier molecular flexibility index (Phi) is 7.45. The van der Waals surface area contributed by atoms with E-state index in [0.29, 0.717) is 6.54 Å². The van der Waals surface area contributed by atoms with Crippen molar-refractivity contribution < 1.29 is 22.1 Å². The fraction of sp³-hybridized carbons (Fsp3) is 0.381. The topological polar surface area (TPSA) is 72.9 Å². The first-order chi connectivity index (χ1) is 13.2. The van der Waals surface area contributed by atoms with Crippen LogP contribution in [-0.2, 0) is 27.9 Å². The molecular weight excluding hydrogens is 378 g/mol. The Labute approximate surface area is 167 Å². The first-order valence-electron chi connectivity index (χ1n) is 9.12. The maximum absolute atomic E-state index is 13.0. The van der Waals surface area contributed by atoms with Crippen LogP contribution in [0, 0.1) is 0 Å². The fourth-order valence-corrected chi connectivity index (χ4v) is 3.25. The third-order valence-corrected chi connectivity index (χ3v) is 4.95. The molecule has 7 heteroatoms. The van der Waals surface area contributed by atoms with E-state index >= 15 is 0 Å². The summed E-state index contributed by atoms with van der Waals surface area (Å²) in [5.74, 6) is 0.998. The van der Waals surface area contributed by atoms with Crippen molar-refractivity contribution in [1.82, 2.24) is 4.90 Å². The Balaban J connectivity index is 2.16. The number of methoxy groups -OCH3 is 1. The molecule has 152 valence electrons. The molecule has 1 atom stereocenters. The van der Waals surface area contributed by atoms with E-state index in [1.807, 2.05) is 49.1 Å². The van der Waals surface area contributed by atoms with Crippen molar-refractivity contribution in [3.8, 4) is 11.5 Å². The van der Waals surface area contributed by atoms with Gasteiger partial charge in [-0.25, -0.2) is 0 Å². The van der Waals surface area contributed by atoms with Gasteiger partial charge < -0.3 is 13.8 Å². The van der Waals surface area contributed by atoms with Gasteiger partial charge in [0.05, 0.1) is 19.8 Å². The van der Waals surface area contributed by atoms with Crippen molar-refractivity contribution in [1.29, 1.82) is 0 Å². The summed E-state index contributed by atoms with van der Waals surface area (Å²) in [6.45, 7) is 4.41. The summed E-state index contributed by atoms with van der Waals surface area (Å²) in [6.07, 6.45) is 2.10. The molecule has 0 aliphatic carbocycles. The standard InChI is InChI=1S/C21H27NO5S/c1-5-16(2)22(21(23)14-17-9-11-19(26-3)12-10-17)15-18-7-6-8-20(13-18)27-28(4,24)25/h6-13,16H,5,14-15H2,1-4H3. The number of ether oxygens (including phenoxy) is 1. The molecule has 0 spiro atoms. The van der Waals surface area contributed by atoms with E-state index in [0.717, 1.165) is 29.6 Å². The third-order valence-electron chi connectivity index (χ3n) is 4.46. The number of nitrogens with zero attached hydrogens (tertiary/aromatic N) is 1. The number of amides is 1. The molecule has 0 aromatic heterocycles. The average Bonchev–Trinajstić information content (AvgIpc) is 2.65. The van der Waals surface area contributed by atoms with Gasteiger partial charge in [0.1, 0.15) is 11.5 Å². The Hall–Kier alpha value is -2.54. The molecule has 1 amide bonds. The highest BCUT2D eigenvalue weighted by molar-refractivity contribution is 7.86. The number of benzene rings is 2. The second-order valence-electron chi connectivity index (χ2n) is 6.74. The largest absolute Gasteiger partial charge is 0.497 e. The predicted octanol–water partition coefficient (Wildman–Crippen LogP) is 3.40. The lowest BCUT2D eigenvalue weighted by atomic mass is 10.1. The summed E-state index contributed by atoms with van der Waals surface area (Å²) in [6, 6.07) is 14.3. The molecule has 0 fully saturated rings. The molecule has 6 nitrogen and oxygen atoms in total. The van der Waals surface area contributed by atoms with Crippen LogP contribution in [-0.4, -0.2) is 38.6 Å².